The summed E-state index contributed by atoms with van der Waals surface area (Å²) in [6, 6.07) is 16.6. The number of methoxy groups -OCH3 is 2. The van der Waals surface area contributed by atoms with Crippen LogP contribution in [-0.2, 0) is 9.53 Å². The number of rotatable bonds is 9. The molecule has 0 amide bonds. The van der Waals surface area contributed by atoms with Crippen LogP contribution in [0.3, 0.4) is 0 Å². The Morgan fingerprint density at radius 2 is 1.74 bits per heavy atom. The van der Waals surface area contributed by atoms with Crippen LogP contribution in [0.5, 0.6) is 17.2 Å². The first-order valence-electron chi connectivity index (χ1n) is 14.7. The Morgan fingerprint density at radius 1 is 0.976 bits per heavy atom. The predicted octanol–water partition coefficient (Wildman–Crippen LogP) is 8.35. The van der Waals surface area contributed by atoms with Gasteiger partial charge in [0.1, 0.15) is 17.7 Å². The predicted molar refractivity (Wildman–Crippen MR) is 160 cm³/mol. The number of hydrogen-bond acceptors (Lipinski definition) is 5. The molecule has 0 aromatic heterocycles. The van der Waals surface area contributed by atoms with Crippen molar-refractivity contribution in [3.8, 4) is 28.4 Å². The van der Waals surface area contributed by atoms with Gasteiger partial charge < -0.3 is 24.1 Å². The lowest BCUT2D eigenvalue weighted by Gasteiger charge is -2.32. The molecule has 1 aliphatic heterocycles. The number of carbonyl (C=O) groups is 1. The molecule has 1 N–H and O–H groups in total. The minimum Gasteiger partial charge on any atom is -0.497 e. The maximum Gasteiger partial charge on any atom is 0.306 e. The third-order valence-corrected chi connectivity index (χ3v) is 8.53. The zero-order valence-corrected chi connectivity index (χ0v) is 25.3. The largest absolute Gasteiger partial charge is 0.497 e. The molecule has 0 radical (unpaired) electrons. The van der Waals surface area contributed by atoms with E-state index in [-0.39, 0.29) is 29.4 Å². The Morgan fingerprint density at radius 3 is 2.38 bits per heavy atom. The molecule has 3 aromatic rings. The molecule has 2 aliphatic rings. The maximum absolute atomic E-state index is 15.2. The summed E-state index contributed by atoms with van der Waals surface area (Å²) in [6.07, 6.45) is 2.04. The number of aliphatic carboxylic acids is 1. The van der Waals surface area contributed by atoms with Crippen molar-refractivity contribution in [2.45, 2.75) is 65.1 Å². The SMILES string of the molecule is COc1ccc(F)c(-c2ccc([C@@H]3CCOc4ccc([C@H](C5CC5)[C@H](C)C(=O)O)cc4O3)cc2C(OC)C(C)(C)C)c1. The number of halogens is 1. The first-order valence-corrected chi connectivity index (χ1v) is 14.7. The molecule has 7 heteroatoms. The van der Waals surface area contributed by atoms with Gasteiger partial charge in [0, 0.05) is 19.1 Å². The summed E-state index contributed by atoms with van der Waals surface area (Å²) in [5.41, 5.74) is 3.67. The highest BCUT2D eigenvalue weighted by molar-refractivity contribution is 5.72. The molecule has 3 aromatic carbocycles. The standard InChI is InChI=1S/C35H41FO6/c1-20(34(37)38)32(21-7-8-21)23-10-14-30-31(18-23)42-29(15-16-41-30)22-9-12-25(26-19-24(39-5)11-13-28(26)36)27(17-22)33(40-6)35(2,3)4/h9-14,17-21,29,32-33H,7-8,15-16H2,1-6H3,(H,37,38)/t20-,29-,32-,33?/m0/s1. The lowest BCUT2D eigenvalue weighted by molar-refractivity contribution is -0.142. The number of carboxylic acids is 1. The maximum atomic E-state index is 15.2. The van der Waals surface area contributed by atoms with Gasteiger partial charge in [-0.3, -0.25) is 4.79 Å². The van der Waals surface area contributed by atoms with Crippen LogP contribution in [0.1, 0.15) is 81.8 Å². The van der Waals surface area contributed by atoms with Gasteiger partial charge in [-0.2, -0.15) is 0 Å². The van der Waals surface area contributed by atoms with Gasteiger partial charge >= 0.3 is 5.97 Å². The summed E-state index contributed by atoms with van der Waals surface area (Å²) in [7, 11) is 3.24. The molecule has 1 unspecified atom stereocenters. The van der Waals surface area contributed by atoms with Gasteiger partial charge in [0.2, 0.25) is 0 Å². The molecular weight excluding hydrogens is 535 g/mol. The third kappa shape index (κ3) is 6.12. The van der Waals surface area contributed by atoms with Crippen molar-refractivity contribution in [1.82, 2.24) is 0 Å². The number of ether oxygens (including phenoxy) is 4. The highest BCUT2D eigenvalue weighted by Crippen LogP contribution is 2.49. The number of carboxylic acid groups (broad SMARTS) is 1. The van der Waals surface area contributed by atoms with Crippen molar-refractivity contribution in [1.29, 1.82) is 0 Å². The summed E-state index contributed by atoms with van der Waals surface area (Å²) < 4.78 is 39.3. The smallest absolute Gasteiger partial charge is 0.306 e. The first kappa shape index (κ1) is 29.9. The molecule has 224 valence electrons. The molecule has 4 atom stereocenters. The van der Waals surface area contributed by atoms with E-state index < -0.39 is 11.9 Å². The summed E-state index contributed by atoms with van der Waals surface area (Å²) in [6.45, 7) is 8.54. The number of fused-ring (bicyclic) bond motifs is 1. The summed E-state index contributed by atoms with van der Waals surface area (Å²) in [4.78, 5) is 11.9. The van der Waals surface area contributed by atoms with Gasteiger partial charge in [0.05, 0.1) is 25.7 Å². The molecular formula is C35H41FO6. The monoisotopic (exact) mass is 576 g/mol. The zero-order chi connectivity index (χ0) is 30.2. The van der Waals surface area contributed by atoms with E-state index in [1.165, 1.54) is 6.07 Å². The second kappa shape index (κ2) is 12.0. The third-order valence-electron chi connectivity index (χ3n) is 8.53. The van der Waals surface area contributed by atoms with Crippen LogP contribution in [0, 0.1) is 23.1 Å². The Bertz CT molecular complexity index is 1440. The molecule has 0 bridgehead atoms. The van der Waals surface area contributed by atoms with Crippen LogP contribution in [-0.4, -0.2) is 31.9 Å². The Kier molecular flexibility index (Phi) is 8.51. The van der Waals surface area contributed by atoms with Crippen molar-refractivity contribution in [3.05, 3.63) is 77.1 Å². The van der Waals surface area contributed by atoms with Gasteiger partial charge in [0.15, 0.2) is 11.5 Å². The molecule has 1 heterocycles. The number of benzene rings is 3. The lowest BCUT2D eigenvalue weighted by atomic mass is 9.80. The van der Waals surface area contributed by atoms with Crippen molar-refractivity contribution in [3.63, 3.8) is 0 Å². The molecule has 0 spiro atoms. The molecule has 5 rings (SSSR count). The minimum absolute atomic E-state index is 0.0732. The Hall–Kier alpha value is -3.58. The van der Waals surface area contributed by atoms with E-state index in [0.717, 1.165) is 35.1 Å². The number of hydrogen-bond donors (Lipinski definition) is 1. The molecule has 0 saturated heterocycles. The van der Waals surface area contributed by atoms with Crippen LogP contribution < -0.4 is 14.2 Å². The van der Waals surface area contributed by atoms with Gasteiger partial charge in [0.25, 0.3) is 0 Å². The molecule has 1 fully saturated rings. The van der Waals surface area contributed by atoms with Gasteiger partial charge in [-0.05, 0) is 88.7 Å². The summed E-state index contributed by atoms with van der Waals surface area (Å²) in [5.74, 6) is 0.514. The highest BCUT2D eigenvalue weighted by Gasteiger charge is 2.39. The van der Waals surface area contributed by atoms with Crippen LogP contribution in [0.4, 0.5) is 4.39 Å². The highest BCUT2D eigenvalue weighted by atomic mass is 19.1. The lowest BCUT2D eigenvalue weighted by Crippen LogP contribution is -2.21. The van der Waals surface area contributed by atoms with E-state index in [1.807, 2.05) is 30.3 Å². The average Bonchev–Trinajstić information content (AvgIpc) is 3.80. The van der Waals surface area contributed by atoms with Crippen LogP contribution in [0.15, 0.2) is 54.6 Å². The van der Waals surface area contributed by atoms with Crippen LogP contribution in [0.2, 0.25) is 0 Å². The van der Waals surface area contributed by atoms with E-state index in [1.54, 1.807) is 33.3 Å². The van der Waals surface area contributed by atoms with Crippen LogP contribution in [0.25, 0.3) is 11.1 Å². The fourth-order valence-electron chi connectivity index (χ4n) is 6.27. The quantitative estimate of drug-likeness (QED) is 0.276. The minimum atomic E-state index is -0.788. The van der Waals surface area contributed by atoms with E-state index in [2.05, 4.69) is 26.8 Å². The fourth-order valence-corrected chi connectivity index (χ4v) is 6.27. The van der Waals surface area contributed by atoms with E-state index in [4.69, 9.17) is 18.9 Å². The van der Waals surface area contributed by atoms with Gasteiger partial charge in [-0.1, -0.05) is 45.9 Å². The topological polar surface area (TPSA) is 74.2 Å². The zero-order valence-electron chi connectivity index (χ0n) is 25.3. The van der Waals surface area contributed by atoms with Crippen molar-refractivity contribution in [2.75, 3.05) is 20.8 Å². The fraction of sp³-hybridized carbons (Fsp3) is 0.457. The summed E-state index contributed by atoms with van der Waals surface area (Å²) >= 11 is 0. The van der Waals surface area contributed by atoms with Crippen molar-refractivity contribution >= 4 is 5.97 Å². The first-order chi connectivity index (χ1) is 20.0. The Labute approximate surface area is 247 Å². The second-order valence-electron chi connectivity index (χ2n) is 12.6. The van der Waals surface area contributed by atoms with E-state index in [0.29, 0.717) is 41.8 Å². The molecule has 42 heavy (non-hydrogen) atoms. The molecule has 6 nitrogen and oxygen atoms in total. The molecule has 1 aliphatic carbocycles. The second-order valence-corrected chi connectivity index (χ2v) is 12.6. The van der Waals surface area contributed by atoms with Gasteiger partial charge in [-0.25, -0.2) is 4.39 Å². The molecule has 1 saturated carbocycles. The average molecular weight is 577 g/mol. The Balaban J connectivity index is 1.55. The van der Waals surface area contributed by atoms with Crippen LogP contribution >= 0.6 is 0 Å². The van der Waals surface area contributed by atoms with E-state index >= 15 is 4.39 Å². The van der Waals surface area contributed by atoms with Crippen molar-refractivity contribution in [2.24, 2.45) is 17.3 Å². The van der Waals surface area contributed by atoms with Crippen molar-refractivity contribution < 1.29 is 33.2 Å². The van der Waals surface area contributed by atoms with Gasteiger partial charge in [-0.15, -0.1) is 0 Å². The van der Waals surface area contributed by atoms with E-state index in [9.17, 15) is 9.90 Å². The summed E-state index contributed by atoms with van der Waals surface area (Å²) in [5, 5.41) is 9.77. The normalized spacial score (nSPS) is 19.0.